The molecule has 0 radical (unpaired) electrons. The Kier molecular flexibility index (Phi) is 3.87. The Morgan fingerprint density at radius 1 is 1.38 bits per heavy atom. The molecule has 0 aromatic carbocycles. The van der Waals surface area contributed by atoms with Crippen molar-refractivity contribution >= 4 is 32.5 Å². The third-order valence-electron chi connectivity index (χ3n) is 2.62. The Bertz CT molecular complexity index is 305. The molecule has 0 spiro atoms. The van der Waals surface area contributed by atoms with Crippen molar-refractivity contribution < 1.29 is 14.3 Å². The van der Waals surface area contributed by atoms with E-state index in [1.807, 2.05) is 6.92 Å². The normalized spacial score (nSPS) is 19.8. The number of hydrogen-bond donors (Lipinski definition) is 1. The lowest BCUT2D eigenvalue weighted by Crippen LogP contribution is -2.46. The average molecular weight is 339 g/mol. The summed E-state index contributed by atoms with van der Waals surface area (Å²) in [6.45, 7) is 7.40. The van der Waals surface area contributed by atoms with Gasteiger partial charge in [-0.3, -0.25) is 4.79 Å². The second-order valence-corrected chi connectivity index (χ2v) is 6.60. The van der Waals surface area contributed by atoms with Crippen molar-refractivity contribution in [2.75, 3.05) is 0 Å². The minimum atomic E-state index is -0.534. The van der Waals surface area contributed by atoms with Gasteiger partial charge in [-0.05, 0) is 39.0 Å². The zero-order chi connectivity index (χ0) is 12.6. The molecule has 1 rings (SSSR count). The van der Waals surface area contributed by atoms with Gasteiger partial charge in [-0.2, -0.15) is 0 Å². The van der Waals surface area contributed by atoms with Gasteiger partial charge in [0, 0.05) is 22.6 Å². The van der Waals surface area contributed by atoms with E-state index in [2.05, 4.69) is 5.32 Å². The molecule has 1 aliphatic rings. The van der Waals surface area contributed by atoms with E-state index in [1.54, 1.807) is 43.4 Å². The maximum Gasteiger partial charge on any atom is 0.408 e. The summed E-state index contributed by atoms with van der Waals surface area (Å²) in [6, 6.07) is -0.428. The van der Waals surface area contributed by atoms with E-state index in [0.29, 0.717) is 0 Å². The molecule has 0 aromatic rings. The number of hydrogen-bond acceptors (Lipinski definition) is 3. The predicted molar refractivity (Wildman–Crippen MR) is 69.5 cm³/mol. The molecule has 92 valence electrons. The van der Waals surface area contributed by atoms with Crippen LogP contribution in [0.2, 0.25) is 0 Å². The van der Waals surface area contributed by atoms with Gasteiger partial charge in [0.15, 0.2) is 0 Å². The van der Waals surface area contributed by atoms with Gasteiger partial charge in [0.1, 0.15) is 11.6 Å². The SMILES string of the molecule is CC(C)(C)OC(=O)N[C@H](C(=O)I)C1(C)CC1. The van der Waals surface area contributed by atoms with Crippen LogP contribution in [0.15, 0.2) is 0 Å². The molecule has 1 fully saturated rings. The number of alkyl carbamates (subject to hydrolysis) is 1. The summed E-state index contributed by atoms with van der Waals surface area (Å²) < 4.78 is 5.10. The molecule has 0 saturated heterocycles. The number of carbonyl (C=O) groups excluding carboxylic acids is 2. The van der Waals surface area contributed by atoms with Crippen molar-refractivity contribution in [2.45, 2.75) is 52.2 Å². The quantitative estimate of drug-likeness (QED) is 0.635. The van der Waals surface area contributed by atoms with Crippen molar-refractivity contribution in [3.05, 3.63) is 0 Å². The Labute approximate surface area is 110 Å². The number of rotatable bonds is 3. The summed E-state index contributed by atoms with van der Waals surface area (Å²) >= 11 is 1.73. The highest BCUT2D eigenvalue weighted by Gasteiger charge is 2.48. The Hall–Kier alpha value is -0.330. The van der Waals surface area contributed by atoms with Crippen LogP contribution in [-0.2, 0) is 9.53 Å². The molecule has 1 saturated carbocycles. The van der Waals surface area contributed by atoms with Crippen molar-refractivity contribution in [1.82, 2.24) is 5.32 Å². The van der Waals surface area contributed by atoms with Gasteiger partial charge < -0.3 is 10.1 Å². The predicted octanol–water partition coefficient (Wildman–Crippen LogP) is 2.64. The highest BCUT2D eigenvalue weighted by Crippen LogP contribution is 2.48. The minimum Gasteiger partial charge on any atom is -0.444 e. The maximum atomic E-state index is 11.6. The molecule has 1 atom stereocenters. The topological polar surface area (TPSA) is 55.4 Å². The molecular formula is C11H18INO3. The van der Waals surface area contributed by atoms with Gasteiger partial charge in [-0.25, -0.2) is 4.79 Å². The van der Waals surface area contributed by atoms with E-state index in [4.69, 9.17) is 4.74 Å². The van der Waals surface area contributed by atoms with Crippen LogP contribution in [-0.4, -0.2) is 21.5 Å². The summed E-state index contributed by atoms with van der Waals surface area (Å²) in [7, 11) is 0. The summed E-state index contributed by atoms with van der Waals surface area (Å²) in [6.07, 6.45) is 1.43. The first-order valence-corrected chi connectivity index (χ1v) is 6.41. The van der Waals surface area contributed by atoms with E-state index in [1.165, 1.54) is 0 Å². The summed E-state index contributed by atoms with van der Waals surface area (Å²) in [5.41, 5.74) is -0.609. The van der Waals surface area contributed by atoms with Gasteiger partial charge in [-0.1, -0.05) is 6.92 Å². The van der Waals surface area contributed by atoms with Crippen LogP contribution in [0, 0.1) is 5.41 Å². The lowest BCUT2D eigenvalue weighted by molar-refractivity contribution is -0.112. The van der Waals surface area contributed by atoms with Gasteiger partial charge in [0.05, 0.1) is 0 Å². The summed E-state index contributed by atoms with van der Waals surface area (Å²) in [5.74, 6) is 0. The van der Waals surface area contributed by atoms with Crippen LogP contribution in [0.5, 0.6) is 0 Å². The van der Waals surface area contributed by atoms with Crippen molar-refractivity contribution in [1.29, 1.82) is 0 Å². The molecule has 0 aromatic heterocycles. The fourth-order valence-corrected chi connectivity index (χ4v) is 2.32. The fourth-order valence-electron chi connectivity index (χ4n) is 1.42. The highest BCUT2D eigenvalue weighted by atomic mass is 127. The van der Waals surface area contributed by atoms with Crippen LogP contribution in [0.1, 0.15) is 40.5 Å². The Morgan fingerprint density at radius 2 is 1.88 bits per heavy atom. The Morgan fingerprint density at radius 3 is 2.19 bits per heavy atom. The number of carbonyl (C=O) groups is 2. The van der Waals surface area contributed by atoms with Crippen LogP contribution < -0.4 is 5.32 Å². The van der Waals surface area contributed by atoms with Crippen LogP contribution in [0.3, 0.4) is 0 Å². The molecule has 1 amide bonds. The molecule has 1 N–H and O–H groups in total. The minimum absolute atomic E-state index is 0.0385. The van der Waals surface area contributed by atoms with Crippen LogP contribution >= 0.6 is 22.6 Å². The van der Waals surface area contributed by atoms with E-state index in [0.717, 1.165) is 12.8 Å². The zero-order valence-corrected chi connectivity index (χ0v) is 12.3. The van der Waals surface area contributed by atoms with Crippen molar-refractivity contribution in [3.8, 4) is 0 Å². The fraction of sp³-hybridized carbons (Fsp3) is 0.818. The first-order chi connectivity index (χ1) is 7.14. The second-order valence-electron chi connectivity index (χ2n) is 5.54. The average Bonchev–Trinajstić information content (AvgIpc) is 2.76. The third kappa shape index (κ3) is 3.92. The first-order valence-electron chi connectivity index (χ1n) is 5.33. The first kappa shape index (κ1) is 13.7. The lowest BCUT2D eigenvalue weighted by atomic mass is 10.0. The van der Waals surface area contributed by atoms with Gasteiger partial charge in [0.25, 0.3) is 0 Å². The number of nitrogens with one attached hydrogen (secondary N) is 1. The monoisotopic (exact) mass is 339 g/mol. The maximum absolute atomic E-state index is 11.6. The molecule has 0 aliphatic heterocycles. The molecule has 0 heterocycles. The van der Waals surface area contributed by atoms with Gasteiger partial charge >= 0.3 is 6.09 Å². The summed E-state index contributed by atoms with van der Waals surface area (Å²) in [5, 5.41) is 2.66. The molecule has 16 heavy (non-hydrogen) atoms. The molecule has 4 nitrogen and oxygen atoms in total. The molecular weight excluding hydrogens is 321 g/mol. The summed E-state index contributed by atoms with van der Waals surface area (Å²) in [4.78, 5) is 23.0. The van der Waals surface area contributed by atoms with E-state index < -0.39 is 17.7 Å². The van der Waals surface area contributed by atoms with E-state index in [9.17, 15) is 9.59 Å². The highest BCUT2D eigenvalue weighted by molar-refractivity contribution is 14.1. The third-order valence-corrected chi connectivity index (χ3v) is 3.25. The van der Waals surface area contributed by atoms with Crippen molar-refractivity contribution in [2.24, 2.45) is 5.41 Å². The van der Waals surface area contributed by atoms with Crippen LogP contribution in [0.25, 0.3) is 0 Å². The number of halogens is 1. The Balaban J connectivity index is 2.57. The van der Waals surface area contributed by atoms with Crippen molar-refractivity contribution in [3.63, 3.8) is 0 Å². The van der Waals surface area contributed by atoms with Gasteiger partial charge in [0.2, 0.25) is 3.79 Å². The van der Waals surface area contributed by atoms with Crippen LogP contribution in [0.4, 0.5) is 4.79 Å². The van der Waals surface area contributed by atoms with E-state index >= 15 is 0 Å². The molecule has 1 aliphatic carbocycles. The standard InChI is InChI=1S/C11H18INO3/c1-10(2,3)16-9(15)13-7(8(12)14)11(4)5-6-11/h7H,5-6H2,1-4H3,(H,13,15)/t7-/m1/s1. The molecule has 0 bridgehead atoms. The second kappa shape index (κ2) is 4.50. The molecule has 5 heteroatoms. The number of ether oxygens (including phenoxy) is 1. The van der Waals surface area contributed by atoms with Gasteiger partial charge in [-0.15, -0.1) is 0 Å². The largest absolute Gasteiger partial charge is 0.444 e. The smallest absolute Gasteiger partial charge is 0.408 e. The lowest BCUT2D eigenvalue weighted by Gasteiger charge is -2.25. The molecule has 0 unspecified atom stereocenters. The number of amides is 1. The van der Waals surface area contributed by atoms with E-state index in [-0.39, 0.29) is 9.20 Å². The zero-order valence-electron chi connectivity index (χ0n) is 10.1.